The maximum atomic E-state index is 12.2. The molecule has 2 heterocycles. The highest BCUT2D eigenvalue weighted by Crippen LogP contribution is 2.61. The summed E-state index contributed by atoms with van der Waals surface area (Å²) in [6.07, 6.45) is 8.93. The Morgan fingerprint density at radius 2 is 1.35 bits per heavy atom. The molecule has 0 saturated heterocycles. The van der Waals surface area contributed by atoms with Crippen LogP contribution in [0.15, 0.2) is 45.3 Å². The van der Waals surface area contributed by atoms with Crippen LogP contribution in [0.5, 0.6) is 0 Å². The van der Waals surface area contributed by atoms with Crippen molar-refractivity contribution in [3.05, 3.63) is 45.3 Å². The van der Waals surface area contributed by atoms with Crippen molar-refractivity contribution in [2.24, 2.45) is 11.8 Å². The van der Waals surface area contributed by atoms with Gasteiger partial charge < -0.3 is 0 Å². The zero-order valence-electron chi connectivity index (χ0n) is 13.6. The van der Waals surface area contributed by atoms with Gasteiger partial charge in [0.25, 0.3) is 11.8 Å². The molecule has 2 amide bonds. The van der Waals surface area contributed by atoms with Gasteiger partial charge in [-0.25, -0.2) is 0 Å². The predicted octanol–water partition coefficient (Wildman–Crippen LogP) is 3.56. The summed E-state index contributed by atoms with van der Waals surface area (Å²) in [5.41, 5.74) is 2.80. The van der Waals surface area contributed by atoms with Crippen LogP contribution in [0.25, 0.3) is 0 Å². The first-order valence-corrected chi connectivity index (χ1v) is 9.50. The van der Waals surface area contributed by atoms with E-state index in [1.807, 2.05) is 0 Å². The van der Waals surface area contributed by atoms with Crippen LogP contribution in [0.3, 0.4) is 0 Å². The van der Waals surface area contributed by atoms with Gasteiger partial charge in [-0.15, -0.1) is 23.5 Å². The Bertz CT molecular complexity index is 716. The molecule has 0 bridgehead atoms. The minimum atomic E-state index is -0.290. The van der Waals surface area contributed by atoms with Crippen molar-refractivity contribution in [1.29, 1.82) is 0 Å². The molecule has 1 N–H and O–H groups in total. The zero-order chi connectivity index (χ0) is 16.6. The van der Waals surface area contributed by atoms with Gasteiger partial charge in [-0.2, -0.15) is 0 Å². The van der Waals surface area contributed by atoms with Crippen molar-refractivity contribution < 1.29 is 9.59 Å². The first-order valence-electron chi connectivity index (χ1n) is 7.87. The van der Waals surface area contributed by atoms with Gasteiger partial charge in [-0.1, -0.05) is 43.7 Å². The summed E-state index contributed by atoms with van der Waals surface area (Å²) in [5.74, 6) is 0.265. The molecule has 0 aromatic rings. The lowest BCUT2D eigenvalue weighted by molar-refractivity contribution is -0.123. The molecule has 4 rings (SSSR count). The number of imide groups is 1. The van der Waals surface area contributed by atoms with E-state index in [4.69, 9.17) is 0 Å². The fourth-order valence-corrected chi connectivity index (χ4v) is 7.15. The third-order valence-electron chi connectivity index (χ3n) is 5.14. The van der Waals surface area contributed by atoms with Gasteiger partial charge in [0.15, 0.2) is 0 Å². The molecule has 0 spiro atoms. The molecule has 5 heteroatoms. The number of thioether (sulfide) groups is 2. The molecule has 4 unspecified atom stereocenters. The first kappa shape index (κ1) is 15.3. The molecular weight excluding hydrogens is 326 g/mol. The summed E-state index contributed by atoms with van der Waals surface area (Å²) < 4.78 is -0.580. The molecule has 23 heavy (non-hydrogen) atoms. The van der Waals surface area contributed by atoms with E-state index in [-0.39, 0.29) is 21.3 Å². The van der Waals surface area contributed by atoms with Crippen LogP contribution < -0.4 is 5.32 Å². The third-order valence-corrected chi connectivity index (χ3v) is 7.99. The lowest BCUT2D eigenvalue weighted by atomic mass is 9.69. The van der Waals surface area contributed by atoms with Gasteiger partial charge in [-0.05, 0) is 31.3 Å². The van der Waals surface area contributed by atoms with Gasteiger partial charge in [0, 0.05) is 0 Å². The van der Waals surface area contributed by atoms with Crippen LogP contribution >= 0.6 is 23.5 Å². The van der Waals surface area contributed by atoms with Crippen molar-refractivity contribution in [3.8, 4) is 0 Å². The monoisotopic (exact) mass is 345 g/mol. The Kier molecular flexibility index (Phi) is 3.11. The molecule has 120 valence electrons. The van der Waals surface area contributed by atoms with E-state index >= 15 is 0 Å². The average Bonchev–Trinajstić information content (AvgIpc) is 2.67. The number of carbonyl (C=O) groups excluding carboxylic acids is 2. The number of hydrogen-bond acceptors (Lipinski definition) is 4. The number of amides is 2. The lowest BCUT2D eigenvalue weighted by Gasteiger charge is -2.46. The molecule has 0 aromatic carbocycles. The number of hydrogen-bond donors (Lipinski definition) is 1. The van der Waals surface area contributed by atoms with Crippen LogP contribution in [-0.4, -0.2) is 21.3 Å². The Morgan fingerprint density at radius 3 is 1.78 bits per heavy atom. The van der Waals surface area contributed by atoms with Crippen molar-refractivity contribution >= 4 is 35.3 Å². The summed E-state index contributed by atoms with van der Waals surface area (Å²) >= 11 is 3.06. The van der Waals surface area contributed by atoms with E-state index in [2.05, 4.69) is 57.3 Å². The SMILES string of the molecule is CC1C=CC2(C)SC3=C(SC4(C)C=CC(C)C1=C24)C(=O)NC3=O. The van der Waals surface area contributed by atoms with Crippen LogP contribution in [0.2, 0.25) is 0 Å². The fourth-order valence-electron chi connectivity index (χ4n) is 4.17. The molecule has 2 aliphatic heterocycles. The predicted molar refractivity (Wildman–Crippen MR) is 95.8 cm³/mol. The van der Waals surface area contributed by atoms with Crippen LogP contribution in [-0.2, 0) is 9.59 Å². The van der Waals surface area contributed by atoms with Crippen molar-refractivity contribution in [3.63, 3.8) is 0 Å². The van der Waals surface area contributed by atoms with Gasteiger partial charge in [0.1, 0.15) is 0 Å². The second kappa shape index (κ2) is 4.67. The number of rotatable bonds is 0. The standard InChI is InChI=1S/C18H19NO2S2/c1-9-5-7-17(3)14-11(9)10(2)6-8-18(14,4)23-13-12(22-17)15(20)19-16(13)21/h5-10H,1-4H3,(H,19,20,21). The highest BCUT2D eigenvalue weighted by atomic mass is 32.2. The van der Waals surface area contributed by atoms with E-state index in [0.29, 0.717) is 21.6 Å². The number of allylic oxidation sites excluding steroid dienone is 3. The highest BCUT2D eigenvalue weighted by Gasteiger charge is 2.52. The highest BCUT2D eigenvalue weighted by molar-refractivity contribution is 8.10. The minimum Gasteiger partial charge on any atom is -0.287 e. The third kappa shape index (κ3) is 1.99. The molecule has 0 radical (unpaired) electrons. The number of carbonyl (C=O) groups is 2. The lowest BCUT2D eigenvalue weighted by Crippen LogP contribution is -2.41. The van der Waals surface area contributed by atoms with Crippen molar-refractivity contribution in [2.75, 3.05) is 0 Å². The van der Waals surface area contributed by atoms with E-state index in [1.54, 1.807) is 0 Å². The van der Waals surface area contributed by atoms with E-state index in [9.17, 15) is 9.59 Å². The topological polar surface area (TPSA) is 46.2 Å². The number of nitrogens with one attached hydrogen (secondary N) is 1. The largest absolute Gasteiger partial charge is 0.287 e. The Hall–Kier alpha value is -1.20. The Balaban J connectivity index is 1.98. The minimum absolute atomic E-state index is 0.253. The summed E-state index contributed by atoms with van der Waals surface area (Å²) in [5, 5.41) is 2.45. The maximum Gasteiger partial charge on any atom is 0.265 e. The molecule has 0 fully saturated rings. The summed E-state index contributed by atoms with van der Waals surface area (Å²) in [6, 6.07) is 0. The van der Waals surface area contributed by atoms with Gasteiger partial charge in [-0.3, -0.25) is 14.9 Å². The van der Waals surface area contributed by atoms with Crippen LogP contribution in [0, 0.1) is 11.8 Å². The summed E-state index contributed by atoms with van der Waals surface area (Å²) in [7, 11) is 0. The van der Waals surface area contributed by atoms with E-state index < -0.39 is 0 Å². The molecule has 3 nitrogen and oxygen atoms in total. The van der Waals surface area contributed by atoms with E-state index in [0.717, 1.165) is 0 Å². The van der Waals surface area contributed by atoms with Crippen molar-refractivity contribution in [1.82, 2.24) is 5.32 Å². The normalized spacial score (nSPS) is 41.7. The van der Waals surface area contributed by atoms with Crippen LogP contribution in [0.1, 0.15) is 27.7 Å². The molecule has 4 atom stereocenters. The molecular formula is C18H19NO2S2. The summed E-state index contributed by atoms with van der Waals surface area (Å²) in [6.45, 7) is 8.81. The van der Waals surface area contributed by atoms with Crippen LogP contribution in [0.4, 0.5) is 0 Å². The van der Waals surface area contributed by atoms with Gasteiger partial charge in [0.2, 0.25) is 0 Å². The fraction of sp³-hybridized carbons (Fsp3) is 0.444. The van der Waals surface area contributed by atoms with E-state index in [1.165, 1.54) is 34.7 Å². The second-order valence-electron chi connectivity index (χ2n) is 6.99. The molecule has 2 aliphatic carbocycles. The summed E-state index contributed by atoms with van der Waals surface area (Å²) in [4.78, 5) is 25.6. The Morgan fingerprint density at radius 1 is 0.913 bits per heavy atom. The smallest absolute Gasteiger partial charge is 0.265 e. The average molecular weight is 345 g/mol. The molecule has 0 saturated carbocycles. The Labute approximate surface area is 144 Å². The zero-order valence-corrected chi connectivity index (χ0v) is 15.2. The second-order valence-corrected chi connectivity index (χ2v) is 9.91. The maximum absolute atomic E-state index is 12.2. The molecule has 0 aromatic heterocycles. The molecule has 4 aliphatic rings. The van der Waals surface area contributed by atoms with Gasteiger partial charge in [0.05, 0.1) is 19.3 Å². The quantitative estimate of drug-likeness (QED) is 0.539. The first-order chi connectivity index (χ1) is 10.8. The van der Waals surface area contributed by atoms with Gasteiger partial charge >= 0.3 is 0 Å². The van der Waals surface area contributed by atoms with Crippen molar-refractivity contribution in [2.45, 2.75) is 37.2 Å².